The van der Waals surface area contributed by atoms with Crippen LogP contribution < -0.4 is 0 Å². The topological polar surface area (TPSA) is 52.6 Å². The first kappa shape index (κ1) is 9.77. The van der Waals surface area contributed by atoms with Gasteiger partial charge in [0, 0.05) is 5.57 Å². The van der Waals surface area contributed by atoms with Crippen molar-refractivity contribution in [3.05, 3.63) is 11.3 Å². The van der Waals surface area contributed by atoms with Crippen LogP contribution in [0.5, 0.6) is 0 Å². The molecule has 1 heterocycles. The molecule has 0 bridgehead atoms. The second kappa shape index (κ2) is 3.60. The third-order valence-corrected chi connectivity index (χ3v) is 2.01. The Labute approximate surface area is 76.5 Å². The van der Waals surface area contributed by atoms with E-state index in [0.29, 0.717) is 11.3 Å². The molecule has 1 aliphatic rings. The highest BCUT2D eigenvalue weighted by Crippen LogP contribution is 2.23. The van der Waals surface area contributed by atoms with Crippen LogP contribution in [-0.4, -0.2) is 25.0 Å². The van der Waals surface area contributed by atoms with Crippen molar-refractivity contribution in [1.29, 1.82) is 0 Å². The number of hydrogen-bond acceptors (Lipinski definition) is 4. The van der Waals surface area contributed by atoms with Gasteiger partial charge in [-0.3, -0.25) is 9.59 Å². The van der Waals surface area contributed by atoms with E-state index in [1.807, 2.05) is 0 Å². The molecule has 0 N–H and O–H groups in total. The lowest BCUT2D eigenvalue weighted by Crippen LogP contribution is -2.12. The van der Waals surface area contributed by atoms with Gasteiger partial charge < -0.3 is 9.47 Å². The van der Waals surface area contributed by atoms with Crippen LogP contribution in [0.2, 0.25) is 0 Å². The number of ketones is 1. The molecule has 0 aliphatic carbocycles. The molecule has 1 aliphatic heterocycles. The van der Waals surface area contributed by atoms with Gasteiger partial charge in [-0.2, -0.15) is 0 Å². The van der Waals surface area contributed by atoms with E-state index in [0.717, 1.165) is 0 Å². The summed E-state index contributed by atoms with van der Waals surface area (Å²) in [6.07, 6.45) is -0.419. The molecule has 0 radical (unpaired) electrons. The first-order valence-electron chi connectivity index (χ1n) is 4.03. The fourth-order valence-corrected chi connectivity index (χ4v) is 1.18. The molecule has 0 saturated heterocycles. The first-order valence-corrected chi connectivity index (χ1v) is 4.03. The number of rotatable bonds is 2. The molecule has 0 aromatic carbocycles. The van der Waals surface area contributed by atoms with Gasteiger partial charge in [-0.15, -0.1) is 0 Å². The fourth-order valence-electron chi connectivity index (χ4n) is 1.18. The van der Waals surface area contributed by atoms with E-state index in [1.165, 1.54) is 7.11 Å². The van der Waals surface area contributed by atoms with Crippen LogP contribution in [0.1, 0.15) is 20.3 Å². The number of Topliss-reactive ketones (excluding diaryl/α,β-unsaturated/α-hetero) is 1. The molecule has 1 rings (SSSR count). The number of esters is 1. The molecule has 0 saturated carbocycles. The zero-order chi connectivity index (χ0) is 10.0. The van der Waals surface area contributed by atoms with E-state index >= 15 is 0 Å². The van der Waals surface area contributed by atoms with E-state index in [4.69, 9.17) is 4.74 Å². The van der Waals surface area contributed by atoms with Crippen LogP contribution in [0.15, 0.2) is 11.3 Å². The van der Waals surface area contributed by atoms with Crippen LogP contribution in [-0.2, 0) is 19.1 Å². The Hall–Kier alpha value is -1.32. The van der Waals surface area contributed by atoms with Crippen molar-refractivity contribution in [3.8, 4) is 0 Å². The minimum Gasteiger partial charge on any atom is -0.486 e. The predicted octanol–water partition coefficient (Wildman–Crippen LogP) is 0.811. The molecule has 4 nitrogen and oxygen atoms in total. The summed E-state index contributed by atoms with van der Waals surface area (Å²) in [6, 6.07) is 0. The molecule has 13 heavy (non-hydrogen) atoms. The Morgan fingerprint density at radius 1 is 1.62 bits per heavy atom. The van der Waals surface area contributed by atoms with Gasteiger partial charge in [0.05, 0.1) is 7.11 Å². The van der Waals surface area contributed by atoms with Gasteiger partial charge in [-0.25, -0.2) is 0 Å². The molecule has 0 fully saturated rings. The van der Waals surface area contributed by atoms with Gasteiger partial charge in [0.1, 0.15) is 12.2 Å². The maximum absolute atomic E-state index is 11.3. The molecule has 4 heteroatoms. The molecule has 1 unspecified atom stereocenters. The molecule has 72 valence electrons. The summed E-state index contributed by atoms with van der Waals surface area (Å²) >= 11 is 0. The lowest BCUT2D eigenvalue weighted by atomic mass is 10.1. The third-order valence-electron chi connectivity index (χ3n) is 2.01. The Morgan fingerprint density at radius 2 is 2.23 bits per heavy atom. The van der Waals surface area contributed by atoms with Crippen molar-refractivity contribution in [3.63, 3.8) is 0 Å². The summed E-state index contributed by atoms with van der Waals surface area (Å²) in [7, 11) is 1.30. The average molecular weight is 184 g/mol. The highest BCUT2D eigenvalue weighted by molar-refractivity contribution is 6.01. The van der Waals surface area contributed by atoms with Gasteiger partial charge in [-0.05, 0) is 13.8 Å². The number of carbonyl (C=O) groups excluding carboxylic acids is 2. The van der Waals surface area contributed by atoms with Crippen molar-refractivity contribution >= 4 is 11.8 Å². The lowest BCUT2D eigenvalue weighted by molar-refractivity contribution is -0.140. The highest BCUT2D eigenvalue weighted by atomic mass is 16.5. The van der Waals surface area contributed by atoms with Crippen molar-refractivity contribution in [2.24, 2.45) is 0 Å². The van der Waals surface area contributed by atoms with Gasteiger partial charge >= 0.3 is 5.97 Å². The molecular formula is C9H12O4. The van der Waals surface area contributed by atoms with Crippen LogP contribution in [0.3, 0.4) is 0 Å². The van der Waals surface area contributed by atoms with E-state index in [9.17, 15) is 9.59 Å². The Kier molecular flexibility index (Phi) is 2.70. The summed E-state index contributed by atoms with van der Waals surface area (Å²) in [5, 5.41) is 0. The number of hydrogen-bond donors (Lipinski definition) is 0. The summed E-state index contributed by atoms with van der Waals surface area (Å²) in [5.41, 5.74) is 0.526. The van der Waals surface area contributed by atoms with Gasteiger partial charge in [-0.1, -0.05) is 0 Å². The minimum absolute atomic E-state index is 0.0401. The summed E-state index contributed by atoms with van der Waals surface area (Å²) < 4.78 is 9.65. The number of methoxy groups -OCH3 is 1. The summed E-state index contributed by atoms with van der Waals surface area (Å²) in [4.78, 5) is 22.1. The van der Waals surface area contributed by atoms with Crippen LogP contribution in [0.4, 0.5) is 0 Å². The van der Waals surface area contributed by atoms with E-state index < -0.39 is 12.1 Å². The second-order valence-electron chi connectivity index (χ2n) is 2.93. The van der Waals surface area contributed by atoms with Crippen molar-refractivity contribution in [2.75, 3.05) is 7.11 Å². The monoisotopic (exact) mass is 184 g/mol. The maximum atomic E-state index is 11.3. The smallest absolute Gasteiger partial charge is 0.313 e. The fraction of sp³-hybridized carbons (Fsp3) is 0.556. The average Bonchev–Trinajstić information content (AvgIpc) is 2.34. The molecule has 0 spiro atoms. The molecular weight excluding hydrogens is 172 g/mol. The Balaban J connectivity index is 2.71. The maximum Gasteiger partial charge on any atom is 0.313 e. The van der Waals surface area contributed by atoms with Crippen molar-refractivity contribution in [1.82, 2.24) is 0 Å². The normalized spacial score (nSPS) is 21.8. The number of carbonyl (C=O) groups is 2. The number of ether oxygens (including phenoxy) is 2. The van der Waals surface area contributed by atoms with E-state index in [2.05, 4.69) is 4.74 Å². The Morgan fingerprint density at radius 3 is 2.62 bits per heavy atom. The standard InChI is InChI=1S/C9H12O4/c1-5-7(4-8(10)12-3)13-6(2)9(5)11/h6H,4H2,1-3H3. The molecule has 1 atom stereocenters. The molecule has 0 aromatic heterocycles. The zero-order valence-electron chi connectivity index (χ0n) is 7.92. The van der Waals surface area contributed by atoms with E-state index in [-0.39, 0.29) is 12.2 Å². The predicted molar refractivity (Wildman–Crippen MR) is 44.9 cm³/mol. The third kappa shape index (κ3) is 1.88. The van der Waals surface area contributed by atoms with Crippen molar-refractivity contribution < 1.29 is 19.1 Å². The minimum atomic E-state index is -0.459. The molecule has 0 aromatic rings. The summed E-state index contributed by atoms with van der Waals surface area (Å²) in [6.45, 7) is 3.32. The SMILES string of the molecule is COC(=O)CC1=C(C)C(=O)C(C)O1. The largest absolute Gasteiger partial charge is 0.486 e. The van der Waals surface area contributed by atoms with Gasteiger partial charge in [0.25, 0.3) is 0 Å². The molecule has 0 amide bonds. The van der Waals surface area contributed by atoms with Crippen LogP contribution >= 0.6 is 0 Å². The van der Waals surface area contributed by atoms with Crippen LogP contribution in [0, 0.1) is 0 Å². The lowest BCUT2D eigenvalue weighted by Gasteiger charge is -2.05. The van der Waals surface area contributed by atoms with Crippen molar-refractivity contribution in [2.45, 2.75) is 26.4 Å². The second-order valence-corrected chi connectivity index (χ2v) is 2.93. The van der Waals surface area contributed by atoms with Gasteiger partial charge in [0.2, 0.25) is 5.78 Å². The highest BCUT2D eigenvalue weighted by Gasteiger charge is 2.29. The van der Waals surface area contributed by atoms with Crippen LogP contribution in [0.25, 0.3) is 0 Å². The first-order chi connectivity index (χ1) is 6.06. The van der Waals surface area contributed by atoms with Gasteiger partial charge in [0.15, 0.2) is 6.10 Å². The zero-order valence-corrected chi connectivity index (χ0v) is 7.92. The van der Waals surface area contributed by atoms with E-state index in [1.54, 1.807) is 13.8 Å². The summed E-state index contributed by atoms with van der Waals surface area (Å²) in [5.74, 6) is -0.0143. The Bertz CT molecular complexity index is 277. The quantitative estimate of drug-likeness (QED) is 0.596.